The van der Waals surface area contributed by atoms with Crippen LogP contribution < -0.4 is 5.73 Å². The number of nitrogens with zero attached hydrogens (tertiary/aromatic N) is 1. The van der Waals surface area contributed by atoms with E-state index in [9.17, 15) is 14.0 Å². The van der Waals surface area contributed by atoms with Crippen LogP contribution in [-0.4, -0.2) is 36.2 Å². The number of carbonyl (C=O) groups is 2. The third-order valence-electron chi connectivity index (χ3n) is 6.99. The van der Waals surface area contributed by atoms with E-state index in [1.54, 1.807) is 12.1 Å². The Hall–Kier alpha value is -1.75. The van der Waals surface area contributed by atoms with Gasteiger partial charge in [-0.2, -0.15) is 0 Å². The third-order valence-corrected chi connectivity index (χ3v) is 6.99. The molecular weight excluding hydrogens is 355 g/mol. The molecule has 1 aromatic carbocycles. The molecule has 2 aliphatic rings. The van der Waals surface area contributed by atoms with Gasteiger partial charge in [0.15, 0.2) is 5.78 Å². The Morgan fingerprint density at radius 1 is 1.07 bits per heavy atom. The monoisotopic (exact) mass is 388 g/mol. The van der Waals surface area contributed by atoms with Gasteiger partial charge in [-0.15, -0.1) is 0 Å². The number of halogens is 1. The Balaban J connectivity index is 1.36. The lowest BCUT2D eigenvalue weighted by atomic mass is 9.75. The molecule has 1 unspecified atom stereocenters. The van der Waals surface area contributed by atoms with Crippen LogP contribution >= 0.6 is 0 Å². The lowest BCUT2D eigenvalue weighted by molar-refractivity contribution is -0.123. The van der Waals surface area contributed by atoms with E-state index in [-0.39, 0.29) is 29.3 Å². The summed E-state index contributed by atoms with van der Waals surface area (Å²) in [4.78, 5) is 26.4. The molecule has 0 aromatic heterocycles. The van der Waals surface area contributed by atoms with E-state index in [1.807, 2.05) is 6.92 Å². The van der Waals surface area contributed by atoms with Gasteiger partial charge in [0.25, 0.3) is 0 Å². The Morgan fingerprint density at radius 3 is 2.25 bits per heavy atom. The van der Waals surface area contributed by atoms with Crippen molar-refractivity contribution in [3.63, 3.8) is 0 Å². The summed E-state index contributed by atoms with van der Waals surface area (Å²) in [6.07, 6.45) is 7.60. The fraction of sp³-hybridized carbons (Fsp3) is 0.652. The summed E-state index contributed by atoms with van der Waals surface area (Å²) in [5, 5.41) is 0. The van der Waals surface area contributed by atoms with Gasteiger partial charge in [0.05, 0.1) is 0 Å². The van der Waals surface area contributed by atoms with Gasteiger partial charge >= 0.3 is 0 Å². The van der Waals surface area contributed by atoms with Crippen molar-refractivity contribution in [1.29, 1.82) is 0 Å². The second kappa shape index (κ2) is 9.64. The second-order valence-corrected chi connectivity index (χ2v) is 8.75. The summed E-state index contributed by atoms with van der Waals surface area (Å²) in [6, 6.07) is 5.92. The van der Waals surface area contributed by atoms with Crippen LogP contribution in [0.4, 0.5) is 4.39 Å². The van der Waals surface area contributed by atoms with Crippen LogP contribution in [0.5, 0.6) is 0 Å². The zero-order valence-electron chi connectivity index (χ0n) is 16.9. The van der Waals surface area contributed by atoms with Crippen molar-refractivity contribution in [3.05, 3.63) is 35.6 Å². The number of ketones is 1. The van der Waals surface area contributed by atoms with Gasteiger partial charge in [-0.25, -0.2) is 4.39 Å². The van der Waals surface area contributed by atoms with E-state index in [1.165, 1.54) is 31.4 Å². The van der Waals surface area contributed by atoms with Crippen molar-refractivity contribution >= 4 is 11.7 Å². The third kappa shape index (κ3) is 5.40. The summed E-state index contributed by atoms with van der Waals surface area (Å²) in [5.41, 5.74) is 6.07. The largest absolute Gasteiger partial charge is 0.369 e. The molecular formula is C23H33FN2O2. The number of benzene rings is 1. The normalized spacial score (nSPS) is 25.4. The van der Waals surface area contributed by atoms with Gasteiger partial charge in [-0.1, -0.05) is 19.8 Å². The van der Waals surface area contributed by atoms with Crippen molar-refractivity contribution in [2.45, 2.75) is 51.9 Å². The predicted molar refractivity (Wildman–Crippen MR) is 108 cm³/mol. The van der Waals surface area contributed by atoms with Crippen molar-refractivity contribution in [1.82, 2.24) is 4.90 Å². The van der Waals surface area contributed by atoms with Crippen molar-refractivity contribution in [2.24, 2.45) is 29.4 Å². The van der Waals surface area contributed by atoms with E-state index in [4.69, 9.17) is 5.73 Å². The predicted octanol–water partition coefficient (Wildman–Crippen LogP) is 4.04. The molecule has 2 N–H and O–H groups in total. The highest BCUT2D eigenvalue weighted by Gasteiger charge is 2.29. The van der Waals surface area contributed by atoms with Crippen molar-refractivity contribution in [3.8, 4) is 0 Å². The summed E-state index contributed by atoms with van der Waals surface area (Å²) in [7, 11) is 0. The highest BCUT2D eigenvalue weighted by Crippen LogP contribution is 2.35. The summed E-state index contributed by atoms with van der Waals surface area (Å²) >= 11 is 0. The molecule has 1 saturated heterocycles. The summed E-state index contributed by atoms with van der Waals surface area (Å²) < 4.78 is 13.0. The number of primary amides is 1. The van der Waals surface area contributed by atoms with Crippen LogP contribution in [0.15, 0.2) is 24.3 Å². The van der Waals surface area contributed by atoms with Crippen LogP contribution in [0.25, 0.3) is 0 Å². The van der Waals surface area contributed by atoms with Gasteiger partial charge in [0.2, 0.25) is 5.91 Å². The molecule has 2 fully saturated rings. The van der Waals surface area contributed by atoms with Crippen LogP contribution in [0.2, 0.25) is 0 Å². The number of nitrogens with two attached hydrogens (primary N) is 1. The highest BCUT2D eigenvalue weighted by atomic mass is 19.1. The number of hydrogen-bond donors (Lipinski definition) is 1. The SMILES string of the molecule is CC(C(N)=O)[C@H]1CC[C@H](CCN2CCC(C(=O)c3ccc(F)cc3)CC2)CC1. The standard InChI is InChI=1S/C23H33FN2O2/c1-16(23(25)28)18-4-2-17(3-5-18)10-13-26-14-11-20(12-15-26)22(27)19-6-8-21(24)9-7-19/h6-9,16-18,20H,2-5,10-15H2,1H3,(H2,25,28)/t16?,17-,18-. The van der Waals surface area contributed by atoms with Crippen LogP contribution in [0.1, 0.15) is 62.2 Å². The first kappa shape index (κ1) is 21.0. The molecule has 0 radical (unpaired) electrons. The average molecular weight is 389 g/mol. The Labute approximate surface area is 167 Å². The first-order valence-electron chi connectivity index (χ1n) is 10.8. The van der Waals surface area contributed by atoms with Crippen LogP contribution in [-0.2, 0) is 4.79 Å². The molecule has 1 amide bonds. The molecule has 1 aliphatic heterocycles. The Morgan fingerprint density at radius 2 is 1.68 bits per heavy atom. The number of piperidine rings is 1. The highest BCUT2D eigenvalue weighted by molar-refractivity contribution is 5.97. The smallest absolute Gasteiger partial charge is 0.220 e. The van der Waals surface area contributed by atoms with Gasteiger partial charge in [-0.05, 0) is 87.8 Å². The van der Waals surface area contributed by atoms with Crippen LogP contribution in [0, 0.1) is 29.5 Å². The molecule has 3 rings (SSSR count). The summed E-state index contributed by atoms with van der Waals surface area (Å²) in [6.45, 7) is 4.99. The number of hydrogen-bond acceptors (Lipinski definition) is 3. The molecule has 5 heteroatoms. The lowest BCUT2D eigenvalue weighted by Crippen LogP contribution is -2.38. The number of rotatable bonds is 7. The van der Waals surface area contributed by atoms with Crippen LogP contribution in [0.3, 0.4) is 0 Å². The van der Waals surface area contributed by atoms with E-state index >= 15 is 0 Å². The molecule has 0 bridgehead atoms. The number of likely N-dealkylation sites (tertiary alicyclic amines) is 1. The Bertz CT molecular complexity index is 660. The van der Waals surface area contributed by atoms with Gasteiger partial charge in [0.1, 0.15) is 5.82 Å². The first-order chi connectivity index (χ1) is 13.4. The summed E-state index contributed by atoms with van der Waals surface area (Å²) in [5.74, 6) is 0.954. The second-order valence-electron chi connectivity index (χ2n) is 8.75. The van der Waals surface area contributed by atoms with Gasteiger partial charge in [0, 0.05) is 17.4 Å². The van der Waals surface area contributed by atoms with Crippen molar-refractivity contribution in [2.75, 3.05) is 19.6 Å². The fourth-order valence-corrected chi connectivity index (χ4v) is 4.84. The Kier molecular flexibility index (Phi) is 7.22. The number of amides is 1. The molecule has 1 atom stereocenters. The first-order valence-corrected chi connectivity index (χ1v) is 10.8. The van der Waals surface area contributed by atoms with E-state index < -0.39 is 0 Å². The van der Waals surface area contributed by atoms with Crippen molar-refractivity contribution < 1.29 is 14.0 Å². The average Bonchev–Trinajstić information content (AvgIpc) is 2.72. The lowest BCUT2D eigenvalue weighted by Gasteiger charge is -2.34. The van der Waals surface area contributed by atoms with E-state index in [0.29, 0.717) is 11.5 Å². The molecule has 4 nitrogen and oxygen atoms in total. The molecule has 1 saturated carbocycles. The molecule has 1 aliphatic carbocycles. The minimum absolute atomic E-state index is 0.00128. The molecule has 1 aromatic rings. The molecule has 28 heavy (non-hydrogen) atoms. The maximum absolute atomic E-state index is 13.0. The fourth-order valence-electron chi connectivity index (χ4n) is 4.84. The van der Waals surface area contributed by atoms with Gasteiger partial charge in [-0.3, -0.25) is 9.59 Å². The molecule has 154 valence electrons. The number of Topliss-reactive ketones (excluding diaryl/α,β-unsaturated/α-hetero) is 1. The maximum atomic E-state index is 13.0. The van der Waals surface area contributed by atoms with E-state index in [2.05, 4.69) is 4.90 Å². The topological polar surface area (TPSA) is 63.4 Å². The van der Waals surface area contributed by atoms with Gasteiger partial charge < -0.3 is 10.6 Å². The minimum Gasteiger partial charge on any atom is -0.369 e. The number of carbonyl (C=O) groups excluding carboxylic acids is 2. The minimum atomic E-state index is -0.301. The molecule has 0 spiro atoms. The quantitative estimate of drug-likeness (QED) is 0.717. The maximum Gasteiger partial charge on any atom is 0.220 e. The molecule has 1 heterocycles. The zero-order chi connectivity index (χ0) is 20.1. The van der Waals surface area contributed by atoms with E-state index in [0.717, 1.165) is 51.2 Å². The zero-order valence-corrected chi connectivity index (χ0v) is 16.9.